The maximum absolute atomic E-state index is 9.31. The van der Waals surface area contributed by atoms with Gasteiger partial charge in [0.2, 0.25) is 6.19 Å². The lowest BCUT2D eigenvalue weighted by molar-refractivity contribution is -0.106. The van der Waals surface area contributed by atoms with Crippen molar-refractivity contribution >= 4 is 28.8 Å². The molecule has 160 valence electrons. The monoisotopic (exact) mass is 446 g/mol. The van der Waals surface area contributed by atoms with Gasteiger partial charge in [-0.05, 0) is 51.8 Å². The molecule has 0 N–H and O–H groups in total. The molecule has 1 aromatic carbocycles. The Morgan fingerprint density at radius 2 is 2.00 bits per heavy atom. The number of amidine groups is 1. The predicted octanol–water partition coefficient (Wildman–Crippen LogP) is 5.20. The van der Waals surface area contributed by atoms with Crippen LogP contribution in [0, 0.1) is 17.4 Å². The van der Waals surface area contributed by atoms with Gasteiger partial charge in [0, 0.05) is 11.6 Å². The largest absolute Gasteiger partial charge is 0.496 e. The van der Waals surface area contributed by atoms with Crippen molar-refractivity contribution in [2.75, 3.05) is 7.11 Å². The third-order valence-corrected chi connectivity index (χ3v) is 6.46. The topological polar surface area (TPSA) is 71.9 Å². The van der Waals surface area contributed by atoms with E-state index in [0.29, 0.717) is 22.3 Å². The molecule has 30 heavy (non-hydrogen) atoms. The number of nitriles is 1. The predicted molar refractivity (Wildman–Crippen MR) is 120 cm³/mol. The Morgan fingerprint density at radius 3 is 2.60 bits per heavy atom. The third kappa shape index (κ3) is 4.18. The Balaban J connectivity index is 2.30. The van der Waals surface area contributed by atoms with E-state index in [9.17, 15) is 5.26 Å². The number of fused-ring (bicyclic) bond motifs is 1. The highest BCUT2D eigenvalue weighted by molar-refractivity contribution is 7.09. The summed E-state index contributed by atoms with van der Waals surface area (Å²) in [6.07, 6.45) is 1.87. The zero-order chi connectivity index (χ0) is 22.3. The quantitative estimate of drug-likeness (QED) is 0.368. The molecule has 0 unspecified atom stereocenters. The molecule has 1 aliphatic heterocycles. The van der Waals surface area contributed by atoms with Crippen LogP contribution in [0.15, 0.2) is 28.2 Å². The van der Waals surface area contributed by atoms with Gasteiger partial charge >= 0.3 is 0 Å². The second-order valence-electron chi connectivity index (χ2n) is 8.68. The summed E-state index contributed by atoms with van der Waals surface area (Å²) in [5, 5.41) is 9.83. The summed E-state index contributed by atoms with van der Waals surface area (Å²) >= 11 is 7.78. The SMILES string of the molecule is COc1ccc(Cl)cc1C(=N/C#N)/N=c1\sc2c(n1CC(C)C)C(C)(C)OC2(C)C. The highest BCUT2D eigenvalue weighted by Gasteiger charge is 2.47. The molecule has 8 heteroatoms. The number of halogens is 1. The fraction of sp³-hybridized carbons (Fsp3) is 0.500. The molecule has 0 fully saturated rings. The molecular formula is C22H27ClN4O2S. The standard InChI is InChI=1S/C22H27ClN4O2S/c1-13(2)11-27-17-18(22(5,6)29-21(17,3)4)30-20(27)26-19(25-12-24)15-10-14(23)8-9-16(15)28-7/h8-10,13H,11H2,1-7H3/b25-19-,26-20-. The smallest absolute Gasteiger partial charge is 0.207 e. The third-order valence-electron chi connectivity index (χ3n) is 4.84. The fourth-order valence-electron chi connectivity index (χ4n) is 3.91. The van der Waals surface area contributed by atoms with Crippen LogP contribution >= 0.6 is 22.9 Å². The molecule has 2 aromatic rings. The minimum absolute atomic E-state index is 0.269. The molecule has 0 saturated carbocycles. The van der Waals surface area contributed by atoms with Crippen molar-refractivity contribution in [2.45, 2.75) is 59.3 Å². The molecule has 1 aromatic heterocycles. The number of hydrogen-bond donors (Lipinski definition) is 0. The molecular weight excluding hydrogens is 420 g/mol. The molecule has 0 saturated heterocycles. The van der Waals surface area contributed by atoms with E-state index in [0.717, 1.165) is 21.9 Å². The Kier molecular flexibility index (Phi) is 6.15. The maximum Gasteiger partial charge on any atom is 0.207 e. The van der Waals surface area contributed by atoms with Gasteiger partial charge in [-0.3, -0.25) is 0 Å². The minimum Gasteiger partial charge on any atom is -0.496 e. The molecule has 2 heterocycles. The first-order chi connectivity index (χ1) is 14.0. The Labute approximate surface area is 186 Å². The van der Waals surface area contributed by atoms with E-state index in [1.54, 1.807) is 36.6 Å². The van der Waals surface area contributed by atoms with E-state index >= 15 is 0 Å². The van der Waals surface area contributed by atoms with E-state index in [1.165, 1.54) is 0 Å². The van der Waals surface area contributed by atoms with Crippen LogP contribution in [0.5, 0.6) is 5.75 Å². The van der Waals surface area contributed by atoms with Crippen molar-refractivity contribution in [1.82, 2.24) is 4.57 Å². The first kappa shape index (κ1) is 22.5. The lowest BCUT2D eigenvalue weighted by Crippen LogP contribution is -2.30. The summed E-state index contributed by atoms with van der Waals surface area (Å²) in [5.74, 6) is 1.23. The lowest BCUT2D eigenvalue weighted by atomic mass is 10.0. The average molecular weight is 447 g/mol. The van der Waals surface area contributed by atoms with Crippen molar-refractivity contribution in [3.8, 4) is 11.9 Å². The van der Waals surface area contributed by atoms with E-state index in [-0.39, 0.29) is 5.84 Å². The Hall–Kier alpha value is -2.14. The summed E-state index contributed by atoms with van der Waals surface area (Å²) in [4.78, 5) is 10.7. The second-order valence-corrected chi connectivity index (χ2v) is 10.1. The lowest BCUT2D eigenvalue weighted by Gasteiger charge is -2.26. The molecule has 0 spiro atoms. The highest BCUT2D eigenvalue weighted by Crippen LogP contribution is 2.48. The van der Waals surface area contributed by atoms with Crippen molar-refractivity contribution in [3.05, 3.63) is 44.2 Å². The summed E-state index contributed by atoms with van der Waals surface area (Å²) in [6, 6.07) is 5.19. The van der Waals surface area contributed by atoms with Crippen molar-refractivity contribution in [1.29, 1.82) is 5.26 Å². The number of nitrogens with zero attached hydrogens (tertiary/aromatic N) is 4. The van der Waals surface area contributed by atoms with Gasteiger partial charge in [0.15, 0.2) is 10.6 Å². The molecule has 0 amide bonds. The number of aromatic nitrogens is 1. The van der Waals surface area contributed by atoms with Gasteiger partial charge in [-0.2, -0.15) is 15.2 Å². The Bertz CT molecular complexity index is 1100. The number of aliphatic imine (C=N–C) groups is 1. The first-order valence-electron chi connectivity index (χ1n) is 9.80. The number of benzene rings is 1. The normalized spacial score (nSPS) is 17.9. The average Bonchev–Trinajstić information content (AvgIpc) is 3.07. The second kappa shape index (κ2) is 8.18. The summed E-state index contributed by atoms with van der Waals surface area (Å²) in [5.41, 5.74) is 0.833. The summed E-state index contributed by atoms with van der Waals surface area (Å²) in [6.45, 7) is 13.4. The van der Waals surface area contributed by atoms with Crippen LogP contribution in [0.4, 0.5) is 0 Å². The van der Waals surface area contributed by atoms with Gasteiger partial charge in [-0.25, -0.2) is 0 Å². The van der Waals surface area contributed by atoms with Crippen LogP contribution in [0.25, 0.3) is 0 Å². The molecule has 1 aliphatic rings. The number of thiazole rings is 1. The number of hydrogen-bond acceptors (Lipinski definition) is 5. The zero-order valence-corrected chi connectivity index (χ0v) is 20.0. The van der Waals surface area contributed by atoms with E-state index in [1.807, 2.05) is 6.19 Å². The molecule has 3 rings (SSSR count). The fourth-order valence-corrected chi connectivity index (χ4v) is 5.41. The van der Waals surface area contributed by atoms with Gasteiger partial charge < -0.3 is 14.0 Å². The van der Waals surface area contributed by atoms with Gasteiger partial charge in [0.1, 0.15) is 11.4 Å². The number of methoxy groups -OCH3 is 1. The van der Waals surface area contributed by atoms with Crippen LogP contribution in [-0.2, 0) is 22.5 Å². The molecule has 6 nitrogen and oxygen atoms in total. The summed E-state index contributed by atoms with van der Waals surface area (Å²) < 4.78 is 14.0. The number of rotatable bonds is 4. The molecule has 0 radical (unpaired) electrons. The summed E-state index contributed by atoms with van der Waals surface area (Å²) in [7, 11) is 1.57. The first-order valence-corrected chi connectivity index (χ1v) is 11.0. The van der Waals surface area contributed by atoms with E-state index in [4.69, 9.17) is 26.1 Å². The van der Waals surface area contributed by atoms with Crippen molar-refractivity contribution in [3.63, 3.8) is 0 Å². The van der Waals surface area contributed by atoms with E-state index < -0.39 is 11.2 Å². The van der Waals surface area contributed by atoms with Crippen LogP contribution in [0.3, 0.4) is 0 Å². The molecule has 0 atom stereocenters. The van der Waals surface area contributed by atoms with E-state index in [2.05, 4.69) is 51.1 Å². The van der Waals surface area contributed by atoms with Gasteiger partial charge in [-0.1, -0.05) is 36.8 Å². The van der Waals surface area contributed by atoms with Crippen molar-refractivity contribution in [2.24, 2.45) is 15.9 Å². The van der Waals surface area contributed by atoms with Gasteiger partial charge in [0.05, 0.1) is 28.8 Å². The molecule has 0 bridgehead atoms. The van der Waals surface area contributed by atoms with Crippen LogP contribution in [0.1, 0.15) is 57.7 Å². The van der Waals surface area contributed by atoms with Crippen LogP contribution in [-0.4, -0.2) is 17.5 Å². The zero-order valence-electron chi connectivity index (χ0n) is 18.4. The number of ether oxygens (including phenoxy) is 2. The van der Waals surface area contributed by atoms with Crippen LogP contribution < -0.4 is 9.54 Å². The van der Waals surface area contributed by atoms with Crippen molar-refractivity contribution < 1.29 is 9.47 Å². The van der Waals surface area contributed by atoms with Gasteiger partial charge in [0.25, 0.3) is 0 Å². The molecule has 0 aliphatic carbocycles. The highest BCUT2D eigenvalue weighted by atomic mass is 35.5. The Morgan fingerprint density at radius 1 is 1.30 bits per heavy atom. The van der Waals surface area contributed by atoms with Gasteiger partial charge in [-0.15, -0.1) is 0 Å². The maximum atomic E-state index is 9.31. The van der Waals surface area contributed by atoms with Crippen LogP contribution in [0.2, 0.25) is 5.02 Å². The minimum atomic E-state index is -0.446.